The van der Waals surface area contributed by atoms with Crippen LogP contribution >= 0.6 is 0 Å². The molecule has 17 heavy (non-hydrogen) atoms. The minimum Gasteiger partial charge on any atom is -0.380 e. The minimum absolute atomic E-state index is 0.570. The Morgan fingerprint density at radius 3 is 2.29 bits per heavy atom. The summed E-state index contributed by atoms with van der Waals surface area (Å²) in [4.78, 5) is 0. The molecule has 0 saturated heterocycles. The highest BCUT2D eigenvalue weighted by Crippen LogP contribution is 2.34. The van der Waals surface area contributed by atoms with Crippen molar-refractivity contribution in [1.29, 1.82) is 0 Å². The van der Waals surface area contributed by atoms with Crippen LogP contribution in [0.2, 0.25) is 0 Å². The lowest BCUT2D eigenvalue weighted by Gasteiger charge is -2.37. The fourth-order valence-electron chi connectivity index (χ4n) is 3.27. The third-order valence-corrected chi connectivity index (χ3v) is 3.94. The smallest absolute Gasteiger partial charge is 0.0622 e. The molecule has 102 valence electrons. The first-order valence-corrected chi connectivity index (χ1v) is 7.48. The lowest BCUT2D eigenvalue weighted by Crippen LogP contribution is -2.43. The Balaban J connectivity index is 2.47. The normalized spacial score (nSPS) is 31.4. The molecule has 3 atom stereocenters. The van der Waals surface area contributed by atoms with Crippen molar-refractivity contribution in [3.8, 4) is 0 Å². The van der Waals surface area contributed by atoms with Gasteiger partial charge in [0.15, 0.2) is 0 Å². The van der Waals surface area contributed by atoms with E-state index < -0.39 is 0 Å². The van der Waals surface area contributed by atoms with Crippen molar-refractivity contribution >= 4 is 0 Å². The Kier molecular flexibility index (Phi) is 7.14. The van der Waals surface area contributed by atoms with Crippen LogP contribution in [-0.4, -0.2) is 25.8 Å². The van der Waals surface area contributed by atoms with Crippen molar-refractivity contribution < 1.29 is 4.74 Å². The zero-order chi connectivity index (χ0) is 12.7. The van der Waals surface area contributed by atoms with Crippen molar-refractivity contribution in [2.45, 2.75) is 59.4 Å². The molecule has 0 aromatic carbocycles. The van der Waals surface area contributed by atoms with Gasteiger partial charge in [-0.15, -0.1) is 0 Å². The first kappa shape index (κ1) is 15.0. The number of ether oxygens (including phenoxy) is 1. The number of rotatable bonds is 7. The van der Waals surface area contributed by atoms with Crippen molar-refractivity contribution in [3.63, 3.8) is 0 Å². The van der Waals surface area contributed by atoms with Gasteiger partial charge in [-0.05, 0) is 56.9 Å². The third kappa shape index (κ3) is 5.39. The van der Waals surface area contributed by atoms with E-state index in [0.717, 1.165) is 37.5 Å². The summed E-state index contributed by atoms with van der Waals surface area (Å²) < 4.78 is 5.65. The summed E-state index contributed by atoms with van der Waals surface area (Å²) in [6.45, 7) is 12.0. The van der Waals surface area contributed by atoms with Gasteiger partial charge < -0.3 is 10.1 Å². The van der Waals surface area contributed by atoms with E-state index >= 15 is 0 Å². The van der Waals surface area contributed by atoms with Crippen molar-refractivity contribution in [2.75, 3.05) is 19.8 Å². The van der Waals surface area contributed by atoms with Crippen molar-refractivity contribution in [1.82, 2.24) is 5.32 Å². The summed E-state index contributed by atoms with van der Waals surface area (Å²) in [5.41, 5.74) is 0. The van der Waals surface area contributed by atoms with E-state index in [2.05, 4.69) is 33.0 Å². The largest absolute Gasteiger partial charge is 0.380 e. The average molecular weight is 241 g/mol. The summed E-state index contributed by atoms with van der Waals surface area (Å²) in [7, 11) is 0. The number of hydrogen-bond donors (Lipinski definition) is 1. The van der Waals surface area contributed by atoms with Gasteiger partial charge in [-0.1, -0.05) is 20.8 Å². The molecule has 0 aromatic heterocycles. The molecule has 0 radical (unpaired) electrons. The van der Waals surface area contributed by atoms with Gasteiger partial charge in [-0.25, -0.2) is 0 Å². The number of hydrogen-bond acceptors (Lipinski definition) is 2. The lowest BCUT2D eigenvalue weighted by molar-refractivity contribution is 0.0773. The molecule has 0 amide bonds. The lowest BCUT2D eigenvalue weighted by atomic mass is 9.74. The van der Waals surface area contributed by atoms with E-state index in [0.29, 0.717) is 6.04 Å². The number of nitrogens with one attached hydrogen (secondary N) is 1. The van der Waals surface area contributed by atoms with E-state index in [-0.39, 0.29) is 0 Å². The van der Waals surface area contributed by atoms with Gasteiger partial charge in [-0.2, -0.15) is 0 Å². The predicted molar refractivity (Wildman–Crippen MR) is 74.2 cm³/mol. The summed E-state index contributed by atoms with van der Waals surface area (Å²) >= 11 is 0. The maximum absolute atomic E-state index is 5.65. The molecule has 1 fully saturated rings. The zero-order valence-corrected chi connectivity index (χ0v) is 12.2. The molecule has 2 nitrogen and oxygen atoms in total. The maximum Gasteiger partial charge on any atom is 0.0622 e. The topological polar surface area (TPSA) is 21.3 Å². The molecule has 2 heteroatoms. The van der Waals surface area contributed by atoms with Crippen LogP contribution in [0, 0.1) is 17.8 Å². The summed E-state index contributed by atoms with van der Waals surface area (Å²) in [5, 5.41) is 3.69. The van der Waals surface area contributed by atoms with Gasteiger partial charge in [0.25, 0.3) is 0 Å². The van der Waals surface area contributed by atoms with E-state index in [1.807, 2.05) is 0 Å². The van der Waals surface area contributed by atoms with Gasteiger partial charge >= 0.3 is 0 Å². The van der Waals surface area contributed by atoms with Crippen LogP contribution in [0.5, 0.6) is 0 Å². The first-order valence-electron chi connectivity index (χ1n) is 7.48. The molecule has 1 rings (SSSR count). The highest BCUT2D eigenvalue weighted by molar-refractivity contribution is 4.83. The second-order valence-electron chi connectivity index (χ2n) is 5.90. The second-order valence-corrected chi connectivity index (χ2v) is 5.90. The fraction of sp³-hybridized carbons (Fsp3) is 1.00. The fourth-order valence-corrected chi connectivity index (χ4v) is 3.27. The van der Waals surface area contributed by atoms with Gasteiger partial charge in [0.2, 0.25) is 0 Å². The van der Waals surface area contributed by atoms with Crippen LogP contribution in [0.25, 0.3) is 0 Å². The van der Waals surface area contributed by atoms with Crippen LogP contribution in [0.15, 0.2) is 0 Å². The monoisotopic (exact) mass is 241 g/mol. The Morgan fingerprint density at radius 1 is 1.12 bits per heavy atom. The van der Waals surface area contributed by atoms with E-state index in [1.165, 1.54) is 25.7 Å². The Morgan fingerprint density at radius 2 is 1.76 bits per heavy atom. The molecule has 0 spiro atoms. The highest BCUT2D eigenvalue weighted by atomic mass is 16.5. The van der Waals surface area contributed by atoms with Gasteiger partial charge in [0.1, 0.15) is 0 Å². The maximum atomic E-state index is 5.65. The SMILES string of the molecule is CCCNC(COCC)C1CC(C)CC(C)C1. The quantitative estimate of drug-likeness (QED) is 0.737. The first-order chi connectivity index (χ1) is 8.17. The Bertz CT molecular complexity index is 177. The van der Waals surface area contributed by atoms with E-state index in [1.54, 1.807) is 0 Å². The summed E-state index contributed by atoms with van der Waals surface area (Å²) in [6.07, 6.45) is 5.36. The molecular formula is C15H31NO. The van der Waals surface area contributed by atoms with Gasteiger partial charge in [0.05, 0.1) is 6.61 Å². The molecule has 0 bridgehead atoms. The molecule has 1 aliphatic carbocycles. The molecule has 1 saturated carbocycles. The van der Waals surface area contributed by atoms with Gasteiger partial charge in [-0.3, -0.25) is 0 Å². The molecule has 0 aliphatic heterocycles. The zero-order valence-electron chi connectivity index (χ0n) is 12.2. The Labute approximate surface area is 108 Å². The predicted octanol–water partition coefficient (Wildman–Crippen LogP) is 3.46. The molecule has 1 N–H and O–H groups in total. The Hall–Kier alpha value is -0.0800. The molecule has 3 unspecified atom stereocenters. The molecule has 0 aromatic rings. The highest BCUT2D eigenvalue weighted by Gasteiger charge is 2.29. The van der Waals surface area contributed by atoms with Crippen LogP contribution in [0.4, 0.5) is 0 Å². The van der Waals surface area contributed by atoms with E-state index in [9.17, 15) is 0 Å². The minimum atomic E-state index is 0.570. The van der Waals surface area contributed by atoms with Crippen LogP contribution in [0.3, 0.4) is 0 Å². The molecule has 0 heterocycles. The molecule has 1 aliphatic rings. The van der Waals surface area contributed by atoms with Crippen LogP contribution in [0.1, 0.15) is 53.4 Å². The average Bonchev–Trinajstić information content (AvgIpc) is 2.28. The van der Waals surface area contributed by atoms with Crippen molar-refractivity contribution in [2.24, 2.45) is 17.8 Å². The van der Waals surface area contributed by atoms with E-state index in [4.69, 9.17) is 4.74 Å². The van der Waals surface area contributed by atoms with Gasteiger partial charge in [0, 0.05) is 12.6 Å². The summed E-state index contributed by atoms with van der Waals surface area (Å²) in [5.74, 6) is 2.58. The third-order valence-electron chi connectivity index (χ3n) is 3.94. The summed E-state index contributed by atoms with van der Waals surface area (Å²) in [6, 6.07) is 0.570. The molecular weight excluding hydrogens is 210 g/mol. The standard InChI is InChI=1S/C15H31NO/c1-5-7-16-15(11-17-6-2)14-9-12(3)8-13(4)10-14/h12-16H,5-11H2,1-4H3. The second kappa shape index (κ2) is 8.10. The van der Waals surface area contributed by atoms with Crippen LogP contribution in [-0.2, 0) is 4.74 Å². The van der Waals surface area contributed by atoms with Crippen molar-refractivity contribution in [3.05, 3.63) is 0 Å². The van der Waals surface area contributed by atoms with Crippen LogP contribution < -0.4 is 5.32 Å².